The summed E-state index contributed by atoms with van der Waals surface area (Å²) in [6.45, 7) is 1.07. The van der Waals surface area contributed by atoms with E-state index in [4.69, 9.17) is 0 Å². The highest BCUT2D eigenvalue weighted by atomic mass is 32.2. The minimum atomic E-state index is -3.22. The highest BCUT2D eigenvalue weighted by Crippen LogP contribution is 2.08. The molecule has 26 heavy (non-hydrogen) atoms. The number of hydrogen-bond donors (Lipinski definition) is 2. The first-order valence-electron chi connectivity index (χ1n) is 8.45. The number of aromatic nitrogens is 4. The summed E-state index contributed by atoms with van der Waals surface area (Å²) in [5.41, 5.74) is 1.95. The zero-order valence-corrected chi connectivity index (χ0v) is 15.4. The highest BCUT2D eigenvalue weighted by Gasteiger charge is 2.09. The minimum Gasteiger partial charge on any atom is -0.369 e. The summed E-state index contributed by atoms with van der Waals surface area (Å²) in [6.07, 6.45) is 3.55. The first-order chi connectivity index (χ1) is 12.5. The maximum absolute atomic E-state index is 11.1. The third-order valence-electron chi connectivity index (χ3n) is 3.83. The molecule has 0 radical (unpaired) electrons. The summed E-state index contributed by atoms with van der Waals surface area (Å²) in [5.74, 6) is 1.35. The molecule has 0 atom stereocenters. The fourth-order valence-corrected chi connectivity index (χ4v) is 3.06. The second kappa shape index (κ2) is 8.24. The van der Waals surface area contributed by atoms with Gasteiger partial charge in [-0.1, -0.05) is 30.3 Å². The summed E-state index contributed by atoms with van der Waals surface area (Å²) in [5, 5.41) is 15.9. The van der Waals surface area contributed by atoms with E-state index in [-0.39, 0.29) is 6.54 Å². The van der Waals surface area contributed by atoms with Crippen molar-refractivity contribution in [3.8, 4) is 0 Å². The second-order valence-corrected chi connectivity index (χ2v) is 7.87. The Hall–Kier alpha value is -2.52. The molecule has 0 aliphatic carbocycles. The Morgan fingerprint density at radius 1 is 1.00 bits per heavy atom. The van der Waals surface area contributed by atoms with E-state index in [1.165, 1.54) is 5.56 Å². The van der Waals surface area contributed by atoms with Crippen LogP contribution in [-0.4, -0.2) is 47.6 Å². The number of sulfonamides is 1. The van der Waals surface area contributed by atoms with Gasteiger partial charge in [-0.15, -0.1) is 15.3 Å². The van der Waals surface area contributed by atoms with E-state index >= 15 is 0 Å². The lowest BCUT2D eigenvalue weighted by molar-refractivity contribution is 0.586. The third-order valence-corrected chi connectivity index (χ3v) is 4.56. The largest absolute Gasteiger partial charge is 0.369 e. The van der Waals surface area contributed by atoms with Crippen molar-refractivity contribution in [2.24, 2.45) is 0 Å². The van der Waals surface area contributed by atoms with Crippen LogP contribution in [0, 0.1) is 0 Å². The van der Waals surface area contributed by atoms with E-state index in [9.17, 15) is 8.42 Å². The molecule has 0 aliphatic heterocycles. The zero-order chi connectivity index (χ0) is 18.4. The Bertz CT molecular complexity index is 956. The normalized spacial score (nSPS) is 11.7. The molecule has 138 valence electrons. The number of aryl methyl sites for hydroxylation is 1. The molecule has 2 aromatic heterocycles. The molecule has 0 bridgehead atoms. The molecular weight excluding hydrogens is 352 g/mol. The number of hydrogen-bond acceptors (Lipinski definition) is 6. The maximum atomic E-state index is 11.1. The summed E-state index contributed by atoms with van der Waals surface area (Å²) in [6, 6.07) is 14.1. The average molecular weight is 374 g/mol. The lowest BCUT2D eigenvalue weighted by Gasteiger charge is -2.07. The molecule has 0 saturated heterocycles. The van der Waals surface area contributed by atoms with Crippen molar-refractivity contribution in [1.82, 2.24) is 24.5 Å². The van der Waals surface area contributed by atoms with E-state index in [1.807, 2.05) is 30.3 Å². The molecule has 0 aliphatic rings. The predicted octanol–water partition coefficient (Wildman–Crippen LogP) is 1.26. The van der Waals surface area contributed by atoms with Crippen molar-refractivity contribution in [1.29, 1.82) is 0 Å². The van der Waals surface area contributed by atoms with Crippen molar-refractivity contribution >= 4 is 21.5 Å². The van der Waals surface area contributed by atoms with Crippen LogP contribution in [0.5, 0.6) is 0 Å². The van der Waals surface area contributed by atoms with E-state index in [0.717, 1.165) is 31.5 Å². The predicted molar refractivity (Wildman–Crippen MR) is 101 cm³/mol. The summed E-state index contributed by atoms with van der Waals surface area (Å²) < 4.78 is 26.4. The second-order valence-electron chi connectivity index (χ2n) is 6.04. The van der Waals surface area contributed by atoms with Crippen LogP contribution in [0.1, 0.15) is 17.8 Å². The van der Waals surface area contributed by atoms with Crippen LogP contribution >= 0.6 is 0 Å². The molecule has 2 N–H and O–H groups in total. The molecular formula is C17H22N6O2S. The van der Waals surface area contributed by atoms with Crippen LogP contribution < -0.4 is 10.0 Å². The van der Waals surface area contributed by atoms with Gasteiger partial charge in [-0.3, -0.25) is 0 Å². The Morgan fingerprint density at radius 2 is 1.81 bits per heavy atom. The molecule has 3 aromatic rings. The van der Waals surface area contributed by atoms with Crippen molar-refractivity contribution in [2.75, 3.05) is 24.7 Å². The molecule has 0 unspecified atom stereocenters. The number of benzene rings is 1. The lowest BCUT2D eigenvalue weighted by Crippen LogP contribution is -2.25. The van der Waals surface area contributed by atoms with Gasteiger partial charge in [0.1, 0.15) is 5.82 Å². The monoisotopic (exact) mass is 374 g/mol. The molecule has 0 fully saturated rings. The topological polar surface area (TPSA) is 101 Å². The van der Waals surface area contributed by atoms with Gasteiger partial charge in [-0.25, -0.2) is 13.1 Å². The van der Waals surface area contributed by atoms with Crippen molar-refractivity contribution < 1.29 is 8.42 Å². The number of nitrogens with one attached hydrogen (secondary N) is 2. The zero-order valence-electron chi connectivity index (χ0n) is 14.6. The molecule has 0 saturated carbocycles. The van der Waals surface area contributed by atoms with Gasteiger partial charge >= 0.3 is 0 Å². The van der Waals surface area contributed by atoms with Crippen LogP contribution in [0.4, 0.5) is 5.82 Å². The van der Waals surface area contributed by atoms with Crippen molar-refractivity contribution in [3.05, 3.63) is 53.9 Å². The molecule has 0 spiro atoms. The van der Waals surface area contributed by atoms with Gasteiger partial charge in [0.15, 0.2) is 11.5 Å². The molecule has 2 heterocycles. The van der Waals surface area contributed by atoms with Crippen molar-refractivity contribution in [2.45, 2.75) is 19.3 Å². The van der Waals surface area contributed by atoms with E-state index in [0.29, 0.717) is 17.9 Å². The Kier molecular flexibility index (Phi) is 5.79. The first-order valence-corrected chi connectivity index (χ1v) is 10.3. The molecule has 3 rings (SSSR count). The minimum absolute atomic E-state index is 0.260. The van der Waals surface area contributed by atoms with E-state index in [1.54, 1.807) is 4.52 Å². The van der Waals surface area contributed by atoms with Crippen LogP contribution in [-0.2, 0) is 22.9 Å². The van der Waals surface area contributed by atoms with Gasteiger partial charge in [0.25, 0.3) is 0 Å². The first kappa shape index (κ1) is 18.3. The molecule has 1 aromatic carbocycles. The smallest absolute Gasteiger partial charge is 0.208 e. The van der Waals surface area contributed by atoms with Gasteiger partial charge in [-0.05, 0) is 30.5 Å². The quantitative estimate of drug-likeness (QED) is 0.547. The molecule has 8 nitrogen and oxygen atoms in total. The van der Waals surface area contributed by atoms with Gasteiger partial charge in [-0.2, -0.15) is 4.52 Å². The third kappa shape index (κ3) is 5.24. The highest BCUT2D eigenvalue weighted by molar-refractivity contribution is 7.88. The van der Waals surface area contributed by atoms with Crippen LogP contribution in [0.15, 0.2) is 42.5 Å². The average Bonchev–Trinajstić information content (AvgIpc) is 3.01. The standard InChI is InChI=1S/C17H22N6O2S/c1-26(24,25)19-13-11-17-21-20-16-10-9-15(22-23(16)17)18-12-5-8-14-6-3-2-4-7-14/h2-4,6-7,9-10,19H,5,8,11-13H2,1H3,(H,18,22). The number of rotatable bonds is 9. The lowest BCUT2D eigenvalue weighted by atomic mass is 10.1. The van der Waals surface area contributed by atoms with E-state index in [2.05, 4.69) is 37.5 Å². The fraction of sp³-hybridized carbons (Fsp3) is 0.353. The SMILES string of the molecule is CS(=O)(=O)NCCc1nnc2ccc(NCCCc3ccccc3)nn12. The number of nitrogens with zero attached hydrogens (tertiary/aromatic N) is 4. The van der Waals surface area contributed by atoms with Crippen LogP contribution in [0.3, 0.4) is 0 Å². The Labute approximate surface area is 152 Å². The van der Waals surface area contributed by atoms with Gasteiger partial charge < -0.3 is 5.32 Å². The Balaban J connectivity index is 1.56. The summed E-state index contributed by atoms with van der Waals surface area (Å²) >= 11 is 0. The summed E-state index contributed by atoms with van der Waals surface area (Å²) in [7, 11) is -3.22. The molecule has 0 amide bonds. The van der Waals surface area contributed by atoms with Gasteiger partial charge in [0.2, 0.25) is 10.0 Å². The number of anilines is 1. The fourth-order valence-electron chi connectivity index (χ4n) is 2.59. The Morgan fingerprint density at radius 3 is 2.58 bits per heavy atom. The van der Waals surface area contributed by atoms with E-state index < -0.39 is 10.0 Å². The summed E-state index contributed by atoms with van der Waals surface area (Å²) in [4.78, 5) is 0. The maximum Gasteiger partial charge on any atom is 0.208 e. The van der Waals surface area contributed by atoms with Crippen LogP contribution in [0.25, 0.3) is 5.65 Å². The molecule has 9 heteroatoms. The van der Waals surface area contributed by atoms with Crippen molar-refractivity contribution in [3.63, 3.8) is 0 Å². The van der Waals surface area contributed by atoms with Crippen LogP contribution in [0.2, 0.25) is 0 Å². The van der Waals surface area contributed by atoms with Gasteiger partial charge in [0, 0.05) is 19.5 Å². The van der Waals surface area contributed by atoms with Gasteiger partial charge in [0.05, 0.1) is 6.26 Å². The number of fused-ring (bicyclic) bond motifs is 1.